The smallest absolute Gasteiger partial charge is 0.408 e. The van der Waals surface area contributed by atoms with E-state index in [9.17, 15) is 24.6 Å². The normalized spacial score (nSPS) is 12.7. The molecule has 0 radical (unpaired) electrons. The van der Waals surface area contributed by atoms with Gasteiger partial charge < -0.3 is 30.5 Å². The summed E-state index contributed by atoms with van der Waals surface area (Å²) in [6, 6.07) is 10.7. The maximum absolute atomic E-state index is 14.3. The van der Waals surface area contributed by atoms with E-state index < -0.39 is 35.6 Å². The van der Waals surface area contributed by atoms with E-state index in [1.54, 1.807) is 51.1 Å². The van der Waals surface area contributed by atoms with Gasteiger partial charge in [0.1, 0.15) is 29.2 Å². The van der Waals surface area contributed by atoms with Crippen LogP contribution in [0.5, 0.6) is 11.5 Å². The third-order valence-electron chi connectivity index (χ3n) is 6.27. The standard InChI is InChI=1S/C31H45N3O6/c1-6-8-12-20-34(27(28(37)32-19-9-7-2)24-13-10-11-14-26(24)36)29(38)25(33-30(39)40-31(3,4)5)21-22-15-17-23(35)18-16-22/h10-11,13-18,25,27,35-36H,6-9,12,19-21H2,1-5H3,(H,32,37)(H,33,39). The maximum atomic E-state index is 14.3. The first kappa shape index (κ1) is 32.5. The van der Waals surface area contributed by atoms with Gasteiger partial charge in [-0.3, -0.25) is 9.59 Å². The van der Waals surface area contributed by atoms with Crippen LogP contribution in [0.15, 0.2) is 48.5 Å². The largest absolute Gasteiger partial charge is 0.508 e. The van der Waals surface area contributed by atoms with Crippen LogP contribution < -0.4 is 10.6 Å². The quantitative estimate of drug-likeness (QED) is 0.237. The van der Waals surface area contributed by atoms with E-state index >= 15 is 0 Å². The fourth-order valence-electron chi connectivity index (χ4n) is 4.27. The molecule has 0 bridgehead atoms. The topological polar surface area (TPSA) is 128 Å². The molecule has 0 aliphatic heterocycles. The predicted octanol–water partition coefficient (Wildman–Crippen LogP) is 5.21. The summed E-state index contributed by atoms with van der Waals surface area (Å²) in [7, 11) is 0. The highest BCUT2D eigenvalue weighted by atomic mass is 16.6. The highest BCUT2D eigenvalue weighted by molar-refractivity contribution is 5.92. The second-order valence-corrected chi connectivity index (χ2v) is 10.9. The summed E-state index contributed by atoms with van der Waals surface area (Å²) < 4.78 is 5.45. The van der Waals surface area contributed by atoms with Crippen molar-refractivity contribution in [3.05, 3.63) is 59.7 Å². The molecule has 0 saturated carbocycles. The molecule has 0 fully saturated rings. The van der Waals surface area contributed by atoms with Gasteiger partial charge in [0.05, 0.1) is 0 Å². The molecular weight excluding hydrogens is 510 g/mol. The van der Waals surface area contributed by atoms with Crippen LogP contribution in [0.25, 0.3) is 0 Å². The van der Waals surface area contributed by atoms with Gasteiger partial charge in [-0.2, -0.15) is 0 Å². The number of para-hydroxylation sites is 1. The van der Waals surface area contributed by atoms with E-state index in [0.717, 1.165) is 25.7 Å². The number of benzene rings is 2. The molecule has 4 N–H and O–H groups in total. The molecule has 0 aliphatic carbocycles. The number of unbranched alkanes of at least 4 members (excludes halogenated alkanes) is 3. The molecule has 2 rings (SSSR count). The van der Waals surface area contributed by atoms with Crippen LogP contribution in [0.4, 0.5) is 4.79 Å². The van der Waals surface area contributed by atoms with E-state index in [1.165, 1.54) is 23.1 Å². The van der Waals surface area contributed by atoms with Gasteiger partial charge in [-0.25, -0.2) is 4.79 Å². The molecule has 3 amide bonds. The van der Waals surface area contributed by atoms with Gasteiger partial charge in [0, 0.05) is 25.1 Å². The van der Waals surface area contributed by atoms with Crippen LogP contribution in [-0.4, -0.2) is 57.8 Å². The Kier molecular flexibility index (Phi) is 12.8. The van der Waals surface area contributed by atoms with Gasteiger partial charge in [-0.1, -0.05) is 63.4 Å². The molecular formula is C31H45N3O6. The number of carbonyl (C=O) groups is 3. The number of ether oxygens (including phenoxy) is 1. The Balaban J connectivity index is 2.54. The van der Waals surface area contributed by atoms with E-state index in [4.69, 9.17) is 4.74 Å². The van der Waals surface area contributed by atoms with E-state index in [1.807, 2.05) is 13.8 Å². The summed E-state index contributed by atoms with van der Waals surface area (Å²) in [4.78, 5) is 42.2. The Morgan fingerprint density at radius 2 is 1.57 bits per heavy atom. The molecule has 9 nitrogen and oxygen atoms in total. The van der Waals surface area contributed by atoms with Crippen molar-refractivity contribution < 1.29 is 29.3 Å². The number of phenolic OH excluding ortho intramolecular Hbond substituents is 2. The number of nitrogens with zero attached hydrogens (tertiary/aromatic N) is 1. The Labute approximate surface area is 237 Å². The molecule has 0 aromatic heterocycles. The average molecular weight is 556 g/mol. The van der Waals surface area contributed by atoms with Crippen molar-refractivity contribution >= 4 is 17.9 Å². The SMILES string of the molecule is CCCCCN(C(=O)C(Cc1ccc(O)cc1)NC(=O)OC(C)(C)C)C(C(=O)NCCCC)c1ccccc1O. The monoisotopic (exact) mass is 555 g/mol. The summed E-state index contributed by atoms with van der Waals surface area (Å²) in [5.41, 5.74) is 0.225. The highest BCUT2D eigenvalue weighted by Crippen LogP contribution is 2.30. The molecule has 2 aromatic rings. The van der Waals surface area contributed by atoms with Crippen molar-refractivity contribution in [1.82, 2.24) is 15.5 Å². The van der Waals surface area contributed by atoms with Crippen LogP contribution in [0.1, 0.15) is 83.9 Å². The van der Waals surface area contributed by atoms with Gasteiger partial charge >= 0.3 is 6.09 Å². The third kappa shape index (κ3) is 10.4. The van der Waals surface area contributed by atoms with E-state index in [-0.39, 0.29) is 24.5 Å². The molecule has 0 heterocycles. The summed E-state index contributed by atoms with van der Waals surface area (Å²) in [5.74, 6) is -0.896. The summed E-state index contributed by atoms with van der Waals surface area (Å²) >= 11 is 0. The molecule has 40 heavy (non-hydrogen) atoms. The first-order valence-electron chi connectivity index (χ1n) is 14.1. The van der Waals surface area contributed by atoms with Crippen molar-refractivity contribution in [3.8, 4) is 11.5 Å². The van der Waals surface area contributed by atoms with Crippen LogP contribution in [0.3, 0.4) is 0 Å². The predicted molar refractivity (Wildman–Crippen MR) is 155 cm³/mol. The first-order chi connectivity index (χ1) is 19.0. The van der Waals surface area contributed by atoms with Crippen LogP contribution in [0, 0.1) is 0 Å². The van der Waals surface area contributed by atoms with Crippen LogP contribution >= 0.6 is 0 Å². The van der Waals surface area contributed by atoms with Gasteiger partial charge in [0.25, 0.3) is 0 Å². The maximum Gasteiger partial charge on any atom is 0.408 e. The Morgan fingerprint density at radius 1 is 0.925 bits per heavy atom. The van der Waals surface area contributed by atoms with Crippen molar-refractivity contribution in [2.45, 2.75) is 90.8 Å². The molecule has 0 spiro atoms. The minimum Gasteiger partial charge on any atom is -0.508 e. The fraction of sp³-hybridized carbons (Fsp3) is 0.516. The molecule has 0 aliphatic rings. The first-order valence-corrected chi connectivity index (χ1v) is 14.1. The number of hydrogen-bond acceptors (Lipinski definition) is 6. The third-order valence-corrected chi connectivity index (χ3v) is 6.27. The lowest BCUT2D eigenvalue weighted by atomic mass is 9.99. The number of alkyl carbamates (subject to hydrolysis) is 1. The molecule has 220 valence electrons. The van der Waals surface area contributed by atoms with Crippen LogP contribution in [0.2, 0.25) is 0 Å². The zero-order valence-electron chi connectivity index (χ0n) is 24.4. The van der Waals surface area contributed by atoms with Gasteiger partial charge in [-0.05, 0) is 57.4 Å². The summed E-state index contributed by atoms with van der Waals surface area (Å²) in [6.45, 7) is 9.93. The molecule has 0 saturated heterocycles. The number of aromatic hydroxyl groups is 2. The van der Waals surface area contributed by atoms with Crippen molar-refractivity contribution in [3.63, 3.8) is 0 Å². The number of nitrogens with one attached hydrogen (secondary N) is 2. The van der Waals surface area contributed by atoms with Gasteiger partial charge in [0.15, 0.2) is 0 Å². The molecule has 2 atom stereocenters. The molecule has 2 aromatic carbocycles. The number of carbonyl (C=O) groups excluding carboxylic acids is 3. The summed E-state index contributed by atoms with van der Waals surface area (Å²) in [5, 5.41) is 26.1. The van der Waals surface area contributed by atoms with E-state index in [0.29, 0.717) is 24.1 Å². The lowest BCUT2D eigenvalue weighted by Crippen LogP contribution is -2.54. The highest BCUT2D eigenvalue weighted by Gasteiger charge is 2.37. The lowest BCUT2D eigenvalue weighted by molar-refractivity contribution is -0.142. The lowest BCUT2D eigenvalue weighted by Gasteiger charge is -2.35. The Bertz CT molecular complexity index is 1100. The Morgan fingerprint density at radius 3 is 2.17 bits per heavy atom. The summed E-state index contributed by atoms with van der Waals surface area (Å²) in [6.07, 6.45) is 3.36. The second kappa shape index (κ2) is 15.7. The van der Waals surface area contributed by atoms with Crippen LogP contribution in [-0.2, 0) is 20.7 Å². The molecule has 9 heteroatoms. The minimum absolute atomic E-state index is 0.0799. The second-order valence-electron chi connectivity index (χ2n) is 10.9. The van der Waals surface area contributed by atoms with Crippen molar-refractivity contribution in [1.29, 1.82) is 0 Å². The van der Waals surface area contributed by atoms with Gasteiger partial charge in [0.2, 0.25) is 11.8 Å². The molecule has 2 unspecified atom stereocenters. The zero-order valence-corrected chi connectivity index (χ0v) is 24.4. The number of amides is 3. The van der Waals surface area contributed by atoms with Crippen molar-refractivity contribution in [2.24, 2.45) is 0 Å². The van der Waals surface area contributed by atoms with E-state index in [2.05, 4.69) is 10.6 Å². The van der Waals surface area contributed by atoms with Gasteiger partial charge in [-0.15, -0.1) is 0 Å². The average Bonchev–Trinajstić information content (AvgIpc) is 2.88. The number of rotatable bonds is 14. The number of hydrogen-bond donors (Lipinski definition) is 4. The zero-order chi connectivity index (χ0) is 29.7. The van der Waals surface area contributed by atoms with Crippen molar-refractivity contribution in [2.75, 3.05) is 13.1 Å². The Hall–Kier alpha value is -3.75. The fourth-order valence-corrected chi connectivity index (χ4v) is 4.27. The number of phenols is 2. The minimum atomic E-state index is -1.11.